The Morgan fingerprint density at radius 3 is 3.00 bits per heavy atom. The SMILES string of the molecule is CCOCc1nc(Cl)cc(-n2ccc(C3CC3)n2)n1. The molecule has 0 saturated heterocycles. The number of nitrogens with zero attached hydrogens (tertiary/aromatic N) is 4. The average Bonchev–Trinajstić information content (AvgIpc) is 3.13. The van der Waals surface area contributed by atoms with Gasteiger partial charge in [0.15, 0.2) is 11.6 Å². The van der Waals surface area contributed by atoms with Crippen LogP contribution in [0, 0.1) is 0 Å². The van der Waals surface area contributed by atoms with Crippen LogP contribution in [0.25, 0.3) is 5.82 Å². The van der Waals surface area contributed by atoms with Gasteiger partial charge in [0.05, 0.1) is 5.69 Å². The van der Waals surface area contributed by atoms with E-state index in [1.807, 2.05) is 19.2 Å². The number of rotatable bonds is 5. The van der Waals surface area contributed by atoms with Crippen molar-refractivity contribution in [3.8, 4) is 5.82 Å². The summed E-state index contributed by atoms with van der Waals surface area (Å²) in [5.74, 6) is 1.89. The molecule has 0 bridgehead atoms. The van der Waals surface area contributed by atoms with Gasteiger partial charge in [0, 0.05) is 24.8 Å². The van der Waals surface area contributed by atoms with E-state index in [4.69, 9.17) is 16.3 Å². The smallest absolute Gasteiger partial charge is 0.158 e. The first-order chi connectivity index (χ1) is 9.26. The van der Waals surface area contributed by atoms with Crippen molar-refractivity contribution in [1.29, 1.82) is 0 Å². The summed E-state index contributed by atoms with van der Waals surface area (Å²) >= 11 is 6.01. The minimum atomic E-state index is 0.362. The highest BCUT2D eigenvalue weighted by Crippen LogP contribution is 2.38. The number of hydrogen-bond donors (Lipinski definition) is 0. The summed E-state index contributed by atoms with van der Waals surface area (Å²) in [6.07, 6.45) is 4.38. The Hall–Kier alpha value is -1.46. The fourth-order valence-electron chi connectivity index (χ4n) is 1.89. The highest BCUT2D eigenvalue weighted by molar-refractivity contribution is 6.29. The van der Waals surface area contributed by atoms with Crippen LogP contribution in [0.1, 0.15) is 37.2 Å². The molecule has 1 fully saturated rings. The summed E-state index contributed by atoms with van der Waals surface area (Å²) in [6.45, 7) is 2.92. The predicted molar refractivity (Wildman–Crippen MR) is 71.5 cm³/mol. The van der Waals surface area contributed by atoms with Crippen molar-refractivity contribution in [1.82, 2.24) is 19.7 Å². The van der Waals surface area contributed by atoms with Crippen LogP contribution >= 0.6 is 11.6 Å². The van der Waals surface area contributed by atoms with E-state index in [1.165, 1.54) is 12.8 Å². The topological polar surface area (TPSA) is 52.8 Å². The van der Waals surface area contributed by atoms with Crippen molar-refractivity contribution in [3.63, 3.8) is 0 Å². The molecule has 2 heterocycles. The van der Waals surface area contributed by atoms with Crippen LogP contribution in [0.3, 0.4) is 0 Å². The Kier molecular flexibility index (Phi) is 3.48. The van der Waals surface area contributed by atoms with E-state index in [-0.39, 0.29) is 0 Å². The molecule has 1 saturated carbocycles. The molecular formula is C13H15ClN4O. The van der Waals surface area contributed by atoms with Crippen molar-refractivity contribution in [3.05, 3.63) is 35.0 Å². The summed E-state index contributed by atoms with van der Waals surface area (Å²) in [4.78, 5) is 8.55. The van der Waals surface area contributed by atoms with Gasteiger partial charge in [0.2, 0.25) is 0 Å². The zero-order chi connectivity index (χ0) is 13.2. The molecule has 2 aromatic heterocycles. The van der Waals surface area contributed by atoms with Gasteiger partial charge in [-0.3, -0.25) is 0 Å². The van der Waals surface area contributed by atoms with Crippen LogP contribution in [0.5, 0.6) is 0 Å². The number of aromatic nitrogens is 4. The van der Waals surface area contributed by atoms with Gasteiger partial charge in [0.25, 0.3) is 0 Å². The average molecular weight is 279 g/mol. The molecule has 0 aromatic carbocycles. The molecule has 0 atom stereocenters. The maximum absolute atomic E-state index is 6.01. The molecule has 0 amide bonds. The number of ether oxygens (including phenoxy) is 1. The standard InChI is InChI=1S/C13H15ClN4O/c1-2-19-8-12-15-11(14)7-13(16-12)18-6-5-10(17-18)9-3-4-9/h5-7,9H,2-4,8H2,1H3. The molecule has 0 radical (unpaired) electrons. The maximum atomic E-state index is 6.01. The van der Waals surface area contributed by atoms with Gasteiger partial charge < -0.3 is 4.74 Å². The van der Waals surface area contributed by atoms with E-state index >= 15 is 0 Å². The lowest BCUT2D eigenvalue weighted by molar-refractivity contribution is 0.128. The summed E-state index contributed by atoms with van der Waals surface area (Å²) in [7, 11) is 0. The maximum Gasteiger partial charge on any atom is 0.158 e. The third kappa shape index (κ3) is 2.93. The van der Waals surface area contributed by atoms with Gasteiger partial charge >= 0.3 is 0 Å². The molecular weight excluding hydrogens is 264 g/mol. The van der Waals surface area contributed by atoms with Crippen LogP contribution in [0.2, 0.25) is 5.15 Å². The number of halogens is 1. The third-order valence-corrected chi connectivity index (χ3v) is 3.20. The number of hydrogen-bond acceptors (Lipinski definition) is 4. The minimum absolute atomic E-state index is 0.362. The van der Waals surface area contributed by atoms with Crippen LogP contribution in [-0.4, -0.2) is 26.4 Å². The fourth-order valence-corrected chi connectivity index (χ4v) is 2.08. The van der Waals surface area contributed by atoms with Gasteiger partial charge in [-0.1, -0.05) is 11.6 Å². The second-order valence-electron chi connectivity index (χ2n) is 4.56. The van der Waals surface area contributed by atoms with Crippen LogP contribution in [0.15, 0.2) is 18.3 Å². The third-order valence-electron chi connectivity index (χ3n) is 3.00. The molecule has 5 nitrogen and oxygen atoms in total. The van der Waals surface area contributed by atoms with Gasteiger partial charge in [0.1, 0.15) is 11.8 Å². The monoisotopic (exact) mass is 278 g/mol. The molecule has 2 aromatic rings. The Labute approximate surface area is 116 Å². The Bertz CT molecular complexity index is 580. The molecule has 6 heteroatoms. The molecule has 0 unspecified atom stereocenters. The highest BCUT2D eigenvalue weighted by atomic mass is 35.5. The summed E-state index contributed by atoms with van der Waals surface area (Å²) in [5, 5.41) is 4.94. The lowest BCUT2D eigenvalue weighted by Crippen LogP contribution is -2.05. The minimum Gasteiger partial charge on any atom is -0.374 e. The molecule has 3 rings (SSSR count). The lowest BCUT2D eigenvalue weighted by Gasteiger charge is -2.05. The van der Waals surface area contributed by atoms with E-state index in [0.717, 1.165) is 5.69 Å². The first kappa shape index (κ1) is 12.6. The van der Waals surface area contributed by atoms with E-state index < -0.39 is 0 Å². The highest BCUT2D eigenvalue weighted by Gasteiger charge is 2.26. The summed E-state index contributed by atoms with van der Waals surface area (Å²) < 4.78 is 7.05. The molecule has 1 aliphatic rings. The van der Waals surface area contributed by atoms with E-state index in [0.29, 0.717) is 35.9 Å². The zero-order valence-corrected chi connectivity index (χ0v) is 11.5. The first-order valence-electron chi connectivity index (χ1n) is 6.43. The zero-order valence-electron chi connectivity index (χ0n) is 10.7. The van der Waals surface area contributed by atoms with Crippen molar-refractivity contribution < 1.29 is 4.74 Å². The fraction of sp³-hybridized carbons (Fsp3) is 0.462. The first-order valence-corrected chi connectivity index (χ1v) is 6.81. The summed E-state index contributed by atoms with van der Waals surface area (Å²) in [6, 6.07) is 3.75. The molecule has 1 aliphatic carbocycles. The Morgan fingerprint density at radius 2 is 2.26 bits per heavy atom. The van der Waals surface area contributed by atoms with Crippen molar-refractivity contribution in [2.24, 2.45) is 0 Å². The lowest BCUT2D eigenvalue weighted by atomic mass is 10.3. The van der Waals surface area contributed by atoms with Gasteiger partial charge in [-0.25, -0.2) is 14.6 Å². The van der Waals surface area contributed by atoms with E-state index in [9.17, 15) is 0 Å². The van der Waals surface area contributed by atoms with E-state index in [2.05, 4.69) is 15.1 Å². The second-order valence-corrected chi connectivity index (χ2v) is 4.95. The molecule has 100 valence electrons. The van der Waals surface area contributed by atoms with Gasteiger partial charge in [-0.15, -0.1) is 0 Å². The van der Waals surface area contributed by atoms with Crippen molar-refractivity contribution >= 4 is 11.6 Å². The van der Waals surface area contributed by atoms with Crippen molar-refractivity contribution in [2.75, 3.05) is 6.61 Å². The van der Waals surface area contributed by atoms with Gasteiger partial charge in [-0.2, -0.15) is 5.10 Å². The normalized spacial score (nSPS) is 14.8. The second kappa shape index (κ2) is 5.27. The van der Waals surface area contributed by atoms with Gasteiger partial charge in [-0.05, 0) is 25.8 Å². The Morgan fingerprint density at radius 1 is 1.42 bits per heavy atom. The van der Waals surface area contributed by atoms with E-state index in [1.54, 1.807) is 10.7 Å². The van der Waals surface area contributed by atoms with Crippen LogP contribution in [0.4, 0.5) is 0 Å². The molecule has 0 N–H and O–H groups in total. The Balaban J connectivity index is 1.87. The molecule has 0 spiro atoms. The molecule has 19 heavy (non-hydrogen) atoms. The van der Waals surface area contributed by atoms with Crippen LogP contribution < -0.4 is 0 Å². The van der Waals surface area contributed by atoms with Crippen LogP contribution in [-0.2, 0) is 11.3 Å². The largest absolute Gasteiger partial charge is 0.374 e. The predicted octanol–water partition coefficient (Wildman–Crippen LogP) is 2.73. The summed E-state index contributed by atoms with van der Waals surface area (Å²) in [5.41, 5.74) is 1.13. The van der Waals surface area contributed by atoms with Crippen molar-refractivity contribution in [2.45, 2.75) is 32.3 Å². The molecule has 0 aliphatic heterocycles. The quantitative estimate of drug-likeness (QED) is 0.789.